The van der Waals surface area contributed by atoms with Crippen LogP contribution in [0.3, 0.4) is 0 Å². The lowest BCUT2D eigenvalue weighted by Gasteiger charge is -2.35. The van der Waals surface area contributed by atoms with Crippen LogP contribution in [-0.4, -0.2) is 18.4 Å². The monoisotopic (exact) mass is 301 g/mol. The molecule has 2 nitrogen and oxygen atoms in total. The van der Waals surface area contributed by atoms with Gasteiger partial charge in [-0.2, -0.15) is 0 Å². The van der Waals surface area contributed by atoms with Crippen molar-refractivity contribution in [3.63, 3.8) is 0 Å². The maximum Gasteiger partial charge on any atom is 0.573 e. The summed E-state index contributed by atoms with van der Waals surface area (Å²) in [5, 5.41) is 3.41. The van der Waals surface area contributed by atoms with Gasteiger partial charge >= 0.3 is 6.36 Å². The Bertz CT molecular complexity index is 567. The molecule has 2 atom stereocenters. The number of fused-ring (bicyclic) bond motifs is 2. The van der Waals surface area contributed by atoms with E-state index in [1.807, 2.05) is 6.08 Å². The Balaban J connectivity index is 1.90. The zero-order valence-corrected chi connectivity index (χ0v) is 11.2. The number of piperidine rings is 1. The van der Waals surface area contributed by atoms with Gasteiger partial charge in [0.2, 0.25) is 0 Å². The lowest BCUT2D eigenvalue weighted by molar-refractivity contribution is -0.274. The standard InChI is InChI=1S/C15H15F4NO/c16-14-5-4-12(21-15(17,18)19)8-13(14)9-6-10-2-1-3-11(7-9)20-10/h4-6,8,10-11,20H,1-3,7H2. The largest absolute Gasteiger partial charge is 0.573 e. The molecule has 0 spiro atoms. The number of rotatable bonds is 2. The van der Waals surface area contributed by atoms with Crippen LogP contribution in [0.25, 0.3) is 5.57 Å². The summed E-state index contributed by atoms with van der Waals surface area (Å²) in [7, 11) is 0. The van der Waals surface area contributed by atoms with Gasteiger partial charge in [0.15, 0.2) is 0 Å². The van der Waals surface area contributed by atoms with E-state index in [9.17, 15) is 17.6 Å². The van der Waals surface area contributed by atoms with Gasteiger partial charge < -0.3 is 10.1 Å². The Morgan fingerprint density at radius 3 is 2.71 bits per heavy atom. The molecule has 1 saturated heterocycles. The highest BCUT2D eigenvalue weighted by molar-refractivity contribution is 5.69. The summed E-state index contributed by atoms with van der Waals surface area (Å²) in [6, 6.07) is 3.61. The summed E-state index contributed by atoms with van der Waals surface area (Å²) in [6.07, 6.45) is 0.878. The molecule has 0 aromatic heterocycles. The normalized spacial score (nSPS) is 25.4. The van der Waals surface area contributed by atoms with Crippen LogP contribution in [0.4, 0.5) is 17.6 Å². The van der Waals surface area contributed by atoms with E-state index in [0.29, 0.717) is 6.42 Å². The van der Waals surface area contributed by atoms with Crippen LogP contribution in [-0.2, 0) is 0 Å². The Morgan fingerprint density at radius 1 is 1.19 bits per heavy atom. The zero-order valence-electron chi connectivity index (χ0n) is 11.2. The topological polar surface area (TPSA) is 21.3 Å². The average Bonchev–Trinajstić information content (AvgIpc) is 2.39. The minimum atomic E-state index is -4.77. The second-order valence-corrected chi connectivity index (χ2v) is 5.49. The van der Waals surface area contributed by atoms with Gasteiger partial charge in [0.1, 0.15) is 11.6 Å². The molecular formula is C15H15F4NO. The molecule has 6 heteroatoms. The average molecular weight is 301 g/mol. The minimum absolute atomic E-state index is 0.180. The van der Waals surface area contributed by atoms with Gasteiger partial charge in [-0.05, 0) is 43.0 Å². The van der Waals surface area contributed by atoms with E-state index in [-0.39, 0.29) is 23.4 Å². The van der Waals surface area contributed by atoms with Crippen LogP contribution in [0.5, 0.6) is 5.75 Å². The fourth-order valence-corrected chi connectivity index (χ4v) is 3.07. The van der Waals surface area contributed by atoms with E-state index >= 15 is 0 Å². The molecule has 2 bridgehead atoms. The first-order chi connectivity index (χ1) is 9.90. The van der Waals surface area contributed by atoms with Crippen molar-refractivity contribution < 1.29 is 22.3 Å². The second kappa shape index (κ2) is 5.33. The van der Waals surface area contributed by atoms with Crippen LogP contribution >= 0.6 is 0 Å². The number of hydrogen-bond acceptors (Lipinski definition) is 2. The van der Waals surface area contributed by atoms with Crippen LogP contribution < -0.4 is 10.1 Å². The molecule has 0 aliphatic carbocycles. The van der Waals surface area contributed by atoms with Crippen molar-refractivity contribution >= 4 is 5.57 Å². The molecule has 1 aromatic rings. The molecule has 2 aliphatic rings. The fourth-order valence-electron chi connectivity index (χ4n) is 3.07. The van der Waals surface area contributed by atoms with Crippen LogP contribution in [0.1, 0.15) is 31.2 Å². The summed E-state index contributed by atoms with van der Waals surface area (Å²) in [5.41, 5.74) is 0.962. The first-order valence-corrected chi connectivity index (χ1v) is 6.93. The van der Waals surface area contributed by atoms with Gasteiger partial charge in [0, 0.05) is 17.6 Å². The van der Waals surface area contributed by atoms with E-state index < -0.39 is 12.2 Å². The Labute approximate surface area is 119 Å². The SMILES string of the molecule is Fc1ccc(OC(F)(F)F)cc1C1=CC2CCCC(C1)N2. The number of benzene rings is 1. The maximum atomic E-state index is 14.0. The van der Waals surface area contributed by atoms with E-state index in [1.165, 1.54) is 0 Å². The number of alkyl halides is 3. The Morgan fingerprint density at radius 2 is 2.00 bits per heavy atom. The lowest BCUT2D eigenvalue weighted by atomic mass is 9.84. The first kappa shape index (κ1) is 14.4. The van der Waals surface area contributed by atoms with Gasteiger partial charge in [-0.3, -0.25) is 0 Å². The summed E-state index contributed by atoms with van der Waals surface area (Å²) < 4.78 is 54.6. The molecule has 0 saturated carbocycles. The molecule has 21 heavy (non-hydrogen) atoms. The number of nitrogens with one attached hydrogen (secondary N) is 1. The molecular weight excluding hydrogens is 286 g/mol. The van der Waals surface area contributed by atoms with Crippen molar-refractivity contribution in [2.45, 2.75) is 44.1 Å². The summed E-state index contributed by atoms with van der Waals surface area (Å²) in [4.78, 5) is 0. The number of ether oxygens (including phenoxy) is 1. The van der Waals surface area contributed by atoms with E-state index in [0.717, 1.165) is 43.0 Å². The van der Waals surface area contributed by atoms with Crippen molar-refractivity contribution in [3.8, 4) is 5.75 Å². The highest BCUT2D eigenvalue weighted by Crippen LogP contribution is 2.34. The molecule has 3 rings (SSSR count). The zero-order chi connectivity index (χ0) is 15.0. The molecule has 1 aromatic carbocycles. The Kier molecular flexibility index (Phi) is 3.65. The second-order valence-electron chi connectivity index (χ2n) is 5.49. The predicted molar refractivity (Wildman–Crippen MR) is 70.2 cm³/mol. The number of halogens is 4. The van der Waals surface area contributed by atoms with Gasteiger partial charge in [0.05, 0.1) is 0 Å². The van der Waals surface area contributed by atoms with Crippen molar-refractivity contribution in [3.05, 3.63) is 35.7 Å². The fraction of sp³-hybridized carbons (Fsp3) is 0.467. The van der Waals surface area contributed by atoms with Gasteiger partial charge in [-0.15, -0.1) is 13.2 Å². The third-order valence-corrected chi connectivity index (χ3v) is 3.90. The molecule has 2 heterocycles. The molecule has 0 amide bonds. The third kappa shape index (κ3) is 3.37. The van der Waals surface area contributed by atoms with Gasteiger partial charge in [0.25, 0.3) is 0 Å². The van der Waals surface area contributed by atoms with E-state index in [2.05, 4.69) is 10.1 Å². The van der Waals surface area contributed by atoms with Crippen molar-refractivity contribution in [1.82, 2.24) is 5.32 Å². The van der Waals surface area contributed by atoms with Crippen LogP contribution in [0.2, 0.25) is 0 Å². The summed E-state index contributed by atoms with van der Waals surface area (Å²) >= 11 is 0. The number of hydrogen-bond donors (Lipinski definition) is 1. The Hall–Kier alpha value is -1.56. The highest BCUT2D eigenvalue weighted by Gasteiger charge is 2.32. The predicted octanol–water partition coefficient (Wildman–Crippen LogP) is 4.02. The van der Waals surface area contributed by atoms with Gasteiger partial charge in [-0.1, -0.05) is 12.5 Å². The smallest absolute Gasteiger partial charge is 0.406 e. The van der Waals surface area contributed by atoms with E-state index in [1.54, 1.807) is 0 Å². The van der Waals surface area contributed by atoms with Gasteiger partial charge in [-0.25, -0.2) is 4.39 Å². The van der Waals surface area contributed by atoms with Crippen molar-refractivity contribution in [2.24, 2.45) is 0 Å². The van der Waals surface area contributed by atoms with Crippen LogP contribution in [0, 0.1) is 5.82 Å². The maximum absolute atomic E-state index is 14.0. The van der Waals surface area contributed by atoms with Crippen molar-refractivity contribution in [1.29, 1.82) is 0 Å². The molecule has 0 radical (unpaired) electrons. The molecule has 2 unspecified atom stereocenters. The molecule has 2 aliphatic heterocycles. The summed E-state index contributed by atoms with van der Waals surface area (Å²) in [5.74, 6) is -0.903. The van der Waals surface area contributed by atoms with Crippen LogP contribution in [0.15, 0.2) is 24.3 Å². The molecule has 114 valence electrons. The summed E-state index contributed by atoms with van der Waals surface area (Å²) in [6.45, 7) is 0. The molecule has 1 fully saturated rings. The quantitative estimate of drug-likeness (QED) is 0.833. The highest BCUT2D eigenvalue weighted by atomic mass is 19.4. The first-order valence-electron chi connectivity index (χ1n) is 6.93. The molecule has 1 N–H and O–H groups in total. The van der Waals surface area contributed by atoms with Crippen molar-refractivity contribution in [2.75, 3.05) is 0 Å². The lowest BCUT2D eigenvalue weighted by Crippen LogP contribution is -2.44. The third-order valence-electron chi connectivity index (χ3n) is 3.90. The van der Waals surface area contributed by atoms with E-state index in [4.69, 9.17) is 0 Å². The minimum Gasteiger partial charge on any atom is -0.406 e.